The monoisotopic (exact) mass is 345 g/mol. The van der Waals surface area contributed by atoms with E-state index >= 15 is 0 Å². The van der Waals surface area contributed by atoms with Gasteiger partial charge in [0.2, 0.25) is 0 Å². The smallest absolute Gasteiger partial charge is 0.329 e. The van der Waals surface area contributed by atoms with Gasteiger partial charge in [0.15, 0.2) is 0 Å². The van der Waals surface area contributed by atoms with Crippen LogP contribution in [0.5, 0.6) is 5.75 Å². The number of amides is 2. The maximum atomic E-state index is 11.8. The highest BCUT2D eigenvalue weighted by molar-refractivity contribution is 6.41. The predicted octanol–water partition coefficient (Wildman–Crippen LogP) is 2.83. The van der Waals surface area contributed by atoms with E-state index in [0.717, 1.165) is 0 Å². The Morgan fingerprint density at radius 2 is 1.83 bits per heavy atom. The molecule has 0 aromatic heterocycles. The molecule has 0 aliphatic heterocycles. The Morgan fingerprint density at radius 3 is 2.58 bits per heavy atom. The number of nitrogens with one attached hydrogen (secondary N) is 2. The molecule has 24 heavy (non-hydrogen) atoms. The Labute approximate surface area is 144 Å². The van der Waals surface area contributed by atoms with E-state index in [1.54, 1.807) is 36.4 Å². The van der Waals surface area contributed by atoms with Gasteiger partial charge >= 0.3 is 11.8 Å². The van der Waals surface area contributed by atoms with Gasteiger partial charge in [0.05, 0.1) is 23.5 Å². The first-order valence-corrected chi connectivity index (χ1v) is 7.60. The molecule has 2 N–H and O–H groups in total. The van der Waals surface area contributed by atoms with Crippen molar-refractivity contribution in [1.29, 1.82) is 0 Å². The van der Waals surface area contributed by atoms with Gasteiger partial charge in [-0.05, 0) is 31.2 Å². The van der Waals surface area contributed by atoms with Crippen molar-refractivity contribution >= 4 is 35.3 Å². The molecule has 0 aliphatic carbocycles. The number of hydrogen-bond donors (Lipinski definition) is 2. The molecule has 2 amide bonds. The van der Waals surface area contributed by atoms with Gasteiger partial charge < -0.3 is 10.1 Å². The van der Waals surface area contributed by atoms with Crippen LogP contribution in [0.4, 0.5) is 5.69 Å². The number of benzene rings is 2. The zero-order valence-corrected chi connectivity index (χ0v) is 13.7. The lowest BCUT2D eigenvalue weighted by Crippen LogP contribution is -2.32. The summed E-state index contributed by atoms with van der Waals surface area (Å²) in [5.74, 6) is -1.13. The maximum Gasteiger partial charge on any atom is 0.329 e. The molecule has 0 saturated heterocycles. The van der Waals surface area contributed by atoms with Crippen LogP contribution in [0.2, 0.25) is 5.02 Å². The Hall–Kier alpha value is -2.86. The zero-order valence-electron chi connectivity index (χ0n) is 13.0. The lowest BCUT2D eigenvalue weighted by atomic mass is 10.2. The third-order valence-corrected chi connectivity index (χ3v) is 3.25. The topological polar surface area (TPSA) is 79.8 Å². The number of carbonyl (C=O) groups excluding carboxylic acids is 2. The van der Waals surface area contributed by atoms with Gasteiger partial charge in [0.1, 0.15) is 5.75 Å². The summed E-state index contributed by atoms with van der Waals surface area (Å²) in [4.78, 5) is 23.5. The number of halogens is 1. The number of carbonyl (C=O) groups is 2. The second-order valence-electron chi connectivity index (χ2n) is 4.60. The quantitative estimate of drug-likeness (QED) is 0.497. The largest absolute Gasteiger partial charge is 0.493 e. The summed E-state index contributed by atoms with van der Waals surface area (Å²) in [6, 6.07) is 13.8. The van der Waals surface area contributed by atoms with Gasteiger partial charge in [-0.1, -0.05) is 35.9 Å². The maximum absolute atomic E-state index is 11.8. The van der Waals surface area contributed by atoms with E-state index in [2.05, 4.69) is 15.8 Å². The normalized spacial score (nSPS) is 10.4. The predicted molar refractivity (Wildman–Crippen MR) is 93.4 cm³/mol. The Morgan fingerprint density at radius 1 is 1.12 bits per heavy atom. The van der Waals surface area contributed by atoms with Crippen molar-refractivity contribution in [3.05, 3.63) is 59.1 Å². The van der Waals surface area contributed by atoms with Crippen molar-refractivity contribution in [2.75, 3.05) is 11.9 Å². The molecule has 2 rings (SSSR count). The van der Waals surface area contributed by atoms with Crippen molar-refractivity contribution in [3.8, 4) is 5.75 Å². The summed E-state index contributed by atoms with van der Waals surface area (Å²) in [6.07, 6.45) is 1.41. The fraction of sp³-hybridized carbons (Fsp3) is 0.118. The molecule has 0 fully saturated rings. The van der Waals surface area contributed by atoms with Crippen LogP contribution in [0, 0.1) is 0 Å². The van der Waals surface area contributed by atoms with E-state index in [4.69, 9.17) is 16.3 Å². The lowest BCUT2D eigenvalue weighted by molar-refractivity contribution is -0.136. The standard InChI is InChI=1S/C17H16ClN3O3/c1-2-24-15-10-6-3-7-12(15)11-19-21-17(23)16(22)20-14-9-5-4-8-13(14)18/h3-11H,2H2,1H3,(H,20,22)(H,21,23). The van der Waals surface area contributed by atoms with E-state index < -0.39 is 11.8 Å². The molecule has 2 aromatic carbocycles. The molecular weight excluding hydrogens is 330 g/mol. The first kappa shape index (κ1) is 17.5. The fourth-order valence-electron chi connectivity index (χ4n) is 1.83. The molecule has 0 aliphatic rings. The van der Waals surface area contributed by atoms with Gasteiger partial charge in [0.25, 0.3) is 0 Å². The summed E-state index contributed by atoms with van der Waals surface area (Å²) in [5, 5.41) is 6.52. The van der Waals surface area contributed by atoms with Crippen molar-refractivity contribution in [3.63, 3.8) is 0 Å². The minimum Gasteiger partial charge on any atom is -0.493 e. The van der Waals surface area contributed by atoms with Gasteiger partial charge in [0, 0.05) is 5.56 Å². The third-order valence-electron chi connectivity index (χ3n) is 2.92. The number of hydrogen-bond acceptors (Lipinski definition) is 4. The summed E-state index contributed by atoms with van der Waals surface area (Å²) < 4.78 is 5.44. The average Bonchev–Trinajstić information content (AvgIpc) is 2.58. The molecule has 0 spiro atoms. The molecule has 0 saturated carbocycles. The van der Waals surface area contributed by atoms with Crippen LogP contribution in [0.15, 0.2) is 53.6 Å². The Kier molecular flexibility index (Phi) is 6.33. The molecule has 0 radical (unpaired) electrons. The van der Waals surface area contributed by atoms with Crippen molar-refractivity contribution in [2.45, 2.75) is 6.92 Å². The second-order valence-corrected chi connectivity index (χ2v) is 5.01. The van der Waals surface area contributed by atoms with Gasteiger partial charge in [-0.15, -0.1) is 0 Å². The Balaban J connectivity index is 1.95. The van der Waals surface area contributed by atoms with Gasteiger partial charge in [-0.2, -0.15) is 5.10 Å². The SMILES string of the molecule is CCOc1ccccc1C=NNC(=O)C(=O)Nc1ccccc1Cl. The van der Waals surface area contributed by atoms with E-state index in [1.807, 2.05) is 19.1 Å². The van der Waals surface area contributed by atoms with Crippen LogP contribution in [0.3, 0.4) is 0 Å². The van der Waals surface area contributed by atoms with Crippen LogP contribution in [-0.2, 0) is 9.59 Å². The van der Waals surface area contributed by atoms with E-state index in [-0.39, 0.29) is 0 Å². The molecule has 7 heteroatoms. The zero-order chi connectivity index (χ0) is 17.4. The number of para-hydroxylation sites is 2. The second kappa shape index (κ2) is 8.69. The average molecular weight is 346 g/mol. The number of ether oxygens (including phenoxy) is 1. The van der Waals surface area contributed by atoms with Crippen LogP contribution < -0.4 is 15.5 Å². The van der Waals surface area contributed by atoms with Gasteiger partial charge in [-0.25, -0.2) is 5.43 Å². The van der Waals surface area contributed by atoms with E-state index in [9.17, 15) is 9.59 Å². The fourth-order valence-corrected chi connectivity index (χ4v) is 2.01. The minimum absolute atomic E-state index is 0.341. The highest BCUT2D eigenvalue weighted by Crippen LogP contribution is 2.20. The lowest BCUT2D eigenvalue weighted by Gasteiger charge is -2.06. The molecule has 6 nitrogen and oxygen atoms in total. The van der Waals surface area contributed by atoms with Crippen LogP contribution in [-0.4, -0.2) is 24.6 Å². The minimum atomic E-state index is -0.903. The molecule has 2 aromatic rings. The molecule has 124 valence electrons. The van der Waals surface area contributed by atoms with E-state index in [1.165, 1.54) is 6.21 Å². The summed E-state index contributed by atoms with van der Waals surface area (Å²) in [5.41, 5.74) is 3.20. The number of rotatable bonds is 5. The number of hydrazone groups is 1. The highest BCUT2D eigenvalue weighted by Gasteiger charge is 2.14. The van der Waals surface area contributed by atoms with Crippen LogP contribution in [0.1, 0.15) is 12.5 Å². The van der Waals surface area contributed by atoms with Crippen molar-refractivity contribution < 1.29 is 14.3 Å². The molecule has 0 bridgehead atoms. The van der Waals surface area contributed by atoms with Crippen LogP contribution >= 0.6 is 11.6 Å². The third kappa shape index (κ3) is 4.82. The summed E-state index contributed by atoms with van der Waals surface area (Å²) in [7, 11) is 0. The van der Waals surface area contributed by atoms with Crippen LogP contribution in [0.25, 0.3) is 0 Å². The first-order valence-electron chi connectivity index (χ1n) is 7.22. The number of anilines is 1. The molecule has 0 heterocycles. The molecular formula is C17H16ClN3O3. The number of nitrogens with zero attached hydrogens (tertiary/aromatic N) is 1. The summed E-state index contributed by atoms with van der Waals surface area (Å²) in [6.45, 7) is 2.38. The summed E-state index contributed by atoms with van der Waals surface area (Å²) >= 11 is 5.91. The molecule has 0 unspecified atom stereocenters. The Bertz CT molecular complexity index is 762. The molecule has 0 atom stereocenters. The highest BCUT2D eigenvalue weighted by atomic mass is 35.5. The van der Waals surface area contributed by atoms with Crippen molar-refractivity contribution in [2.24, 2.45) is 5.10 Å². The van der Waals surface area contributed by atoms with Gasteiger partial charge in [-0.3, -0.25) is 9.59 Å². The first-order chi connectivity index (χ1) is 11.6. The van der Waals surface area contributed by atoms with E-state index in [0.29, 0.717) is 28.6 Å². The van der Waals surface area contributed by atoms with Crippen molar-refractivity contribution in [1.82, 2.24) is 5.43 Å².